The van der Waals surface area contributed by atoms with Crippen LogP contribution in [0.4, 0.5) is 0 Å². The SMILES string of the molecule is BC(B)(B)/C(N)=C(\c1cnc2c3c(OCC)ncc([S+](C)[O-])c3n([C@H](c3ccccc3)C3CCOCC3)c2c1)N(C)N. The molecule has 5 rings (SSSR count). The molecule has 0 bridgehead atoms. The first-order chi connectivity index (χ1) is 20.0. The molecule has 1 aliphatic rings. The second-order valence-corrected chi connectivity index (χ2v) is 13.3. The molecule has 0 radical (unpaired) electrons. The number of pyridine rings is 2. The minimum absolute atomic E-state index is 0.0747. The molecular weight excluding hydrogens is 545 g/mol. The first kappa shape index (κ1) is 30.3. The fourth-order valence-corrected chi connectivity index (χ4v) is 6.64. The lowest BCUT2D eigenvalue weighted by atomic mass is 9.41. The molecule has 3 aromatic heterocycles. The molecule has 42 heavy (non-hydrogen) atoms. The molecule has 1 aromatic carbocycles. The van der Waals surface area contributed by atoms with E-state index < -0.39 is 11.2 Å². The number of allylic oxidation sites excluding steroid dienone is 1. The van der Waals surface area contributed by atoms with Crippen molar-refractivity contribution >= 4 is 62.3 Å². The molecule has 1 saturated heterocycles. The van der Waals surface area contributed by atoms with E-state index in [0.29, 0.717) is 42.0 Å². The average Bonchev–Trinajstić information content (AvgIpc) is 3.28. The second-order valence-electron chi connectivity index (χ2n) is 11.9. The largest absolute Gasteiger partial charge is 0.612 e. The maximum atomic E-state index is 13.3. The molecule has 218 valence electrons. The molecule has 1 unspecified atom stereocenters. The summed E-state index contributed by atoms with van der Waals surface area (Å²) in [6.07, 6.45) is 6.98. The van der Waals surface area contributed by atoms with Crippen LogP contribution in [0.3, 0.4) is 0 Å². The van der Waals surface area contributed by atoms with Crippen LogP contribution in [0.15, 0.2) is 59.4 Å². The smallest absolute Gasteiger partial charge is 0.225 e. The van der Waals surface area contributed by atoms with Gasteiger partial charge < -0.3 is 29.3 Å². The molecule has 4 heterocycles. The predicted molar refractivity (Wildman–Crippen MR) is 178 cm³/mol. The molecule has 4 aromatic rings. The Morgan fingerprint density at radius 1 is 1.21 bits per heavy atom. The molecule has 0 amide bonds. The van der Waals surface area contributed by atoms with E-state index in [1.54, 1.807) is 30.7 Å². The van der Waals surface area contributed by atoms with E-state index in [1.165, 1.54) is 0 Å². The van der Waals surface area contributed by atoms with Crippen molar-refractivity contribution < 1.29 is 14.0 Å². The summed E-state index contributed by atoms with van der Waals surface area (Å²) >= 11 is -1.32. The molecule has 1 aliphatic heterocycles. The summed E-state index contributed by atoms with van der Waals surface area (Å²) < 4.78 is 27.5. The van der Waals surface area contributed by atoms with Crippen molar-refractivity contribution in [2.45, 2.75) is 35.8 Å². The fourth-order valence-electron chi connectivity index (χ4n) is 5.96. The normalized spacial score (nSPS) is 16.8. The molecule has 0 saturated carbocycles. The molecule has 9 nitrogen and oxygen atoms in total. The summed E-state index contributed by atoms with van der Waals surface area (Å²) in [5.74, 6) is 7.15. The van der Waals surface area contributed by atoms with Crippen molar-refractivity contribution in [1.29, 1.82) is 0 Å². The van der Waals surface area contributed by atoms with Crippen LogP contribution in [0.2, 0.25) is 5.11 Å². The number of hydrazine groups is 1. The number of hydrogen-bond acceptors (Lipinski definition) is 8. The maximum absolute atomic E-state index is 13.3. The van der Waals surface area contributed by atoms with Crippen molar-refractivity contribution in [3.05, 3.63) is 65.6 Å². The van der Waals surface area contributed by atoms with E-state index in [-0.39, 0.29) is 17.1 Å². The van der Waals surface area contributed by atoms with Crippen molar-refractivity contribution in [3.8, 4) is 5.88 Å². The highest BCUT2D eigenvalue weighted by Crippen LogP contribution is 2.45. The summed E-state index contributed by atoms with van der Waals surface area (Å²) in [6, 6.07) is 12.5. The Morgan fingerprint density at radius 3 is 2.50 bits per heavy atom. The molecule has 0 aliphatic carbocycles. The van der Waals surface area contributed by atoms with Gasteiger partial charge in [0.15, 0.2) is 4.90 Å². The monoisotopic (exact) mass is 584 g/mol. The minimum Gasteiger partial charge on any atom is -0.612 e. The zero-order chi connectivity index (χ0) is 30.2. The summed E-state index contributed by atoms with van der Waals surface area (Å²) in [5, 5.41) is 2.00. The first-order valence-electron chi connectivity index (χ1n) is 14.4. The molecule has 4 N–H and O–H groups in total. The van der Waals surface area contributed by atoms with Gasteiger partial charge in [0, 0.05) is 37.7 Å². The average molecular weight is 584 g/mol. The van der Waals surface area contributed by atoms with E-state index in [2.05, 4.69) is 63.4 Å². The molecule has 0 spiro atoms. The number of rotatable bonds is 9. The Bertz CT molecular complexity index is 1600. The Labute approximate surface area is 253 Å². The van der Waals surface area contributed by atoms with Crippen LogP contribution < -0.4 is 16.3 Å². The summed E-state index contributed by atoms with van der Waals surface area (Å²) in [4.78, 5) is 10.3. The van der Waals surface area contributed by atoms with Gasteiger partial charge in [-0.15, -0.1) is 0 Å². The lowest BCUT2D eigenvalue weighted by Crippen LogP contribution is -2.32. The van der Waals surface area contributed by atoms with Crippen molar-refractivity contribution in [2.24, 2.45) is 17.5 Å². The quantitative estimate of drug-likeness (QED) is 0.130. The topological polar surface area (TPSA) is 128 Å². The van der Waals surface area contributed by atoms with E-state index in [4.69, 9.17) is 26.0 Å². The Hall–Kier alpha value is -3.12. The molecule has 2 atom stereocenters. The van der Waals surface area contributed by atoms with Crippen LogP contribution in [-0.2, 0) is 15.9 Å². The van der Waals surface area contributed by atoms with Gasteiger partial charge in [0.05, 0.1) is 59.0 Å². The van der Waals surface area contributed by atoms with Crippen molar-refractivity contribution in [2.75, 3.05) is 33.1 Å². The lowest BCUT2D eigenvalue weighted by molar-refractivity contribution is 0.0552. The number of nitrogens with two attached hydrogens (primary N) is 2. The zero-order valence-electron chi connectivity index (χ0n) is 25.4. The third-order valence-electron chi connectivity index (χ3n) is 8.00. The van der Waals surface area contributed by atoms with Crippen molar-refractivity contribution in [1.82, 2.24) is 19.5 Å². The minimum atomic E-state index is -1.32. The summed E-state index contributed by atoms with van der Waals surface area (Å²) in [5.41, 5.74) is 12.5. The van der Waals surface area contributed by atoms with Crippen LogP contribution in [0.1, 0.15) is 36.9 Å². The molecular formula is C29H39B3N6O3S. The Morgan fingerprint density at radius 2 is 1.90 bits per heavy atom. The lowest BCUT2D eigenvalue weighted by Gasteiger charge is -2.33. The van der Waals surface area contributed by atoms with Gasteiger partial charge in [-0.05, 0) is 48.5 Å². The fraction of sp³-hybridized carbons (Fsp3) is 0.379. The van der Waals surface area contributed by atoms with Gasteiger partial charge in [0.1, 0.15) is 17.3 Å². The molecule has 13 heteroatoms. The van der Waals surface area contributed by atoms with Gasteiger partial charge >= 0.3 is 0 Å². The van der Waals surface area contributed by atoms with Gasteiger partial charge in [0.2, 0.25) is 5.88 Å². The van der Waals surface area contributed by atoms with Gasteiger partial charge in [-0.1, -0.05) is 35.4 Å². The number of hydrogen-bond donors (Lipinski definition) is 2. The predicted octanol–water partition coefficient (Wildman–Crippen LogP) is 1.14. The van der Waals surface area contributed by atoms with Gasteiger partial charge in [-0.2, -0.15) is 0 Å². The van der Waals surface area contributed by atoms with Crippen LogP contribution >= 0.6 is 0 Å². The number of aromatic nitrogens is 3. The third-order valence-corrected chi connectivity index (χ3v) is 8.92. The van der Waals surface area contributed by atoms with E-state index in [9.17, 15) is 4.55 Å². The number of fused-ring (bicyclic) bond motifs is 3. The van der Waals surface area contributed by atoms with Crippen LogP contribution in [0.5, 0.6) is 5.88 Å². The first-order valence-corrected chi connectivity index (χ1v) is 16.0. The third kappa shape index (κ3) is 5.63. The molecule has 1 fully saturated rings. The highest BCUT2D eigenvalue weighted by atomic mass is 32.2. The Balaban J connectivity index is 1.95. The number of benzene rings is 1. The van der Waals surface area contributed by atoms with Gasteiger partial charge in [0.25, 0.3) is 0 Å². The van der Waals surface area contributed by atoms with E-state index in [0.717, 1.165) is 45.9 Å². The van der Waals surface area contributed by atoms with Crippen LogP contribution in [0.25, 0.3) is 27.6 Å². The number of nitrogens with zero attached hydrogens (tertiary/aromatic N) is 4. The standard InChI is InChI=1S/C29H39B3N6O3S/c1-4-41-28-22-23-20(14-19(15-35-23)25(37(2)34)27(33)29(30,31)32)38(26(22)21(16-36-28)42(3)39)24(17-8-6-5-7-9-17)18-10-12-40-13-11-18/h5-9,14-16,18,24H,4,10-13,30-34H2,1-3H3/b27-25-/t24-,42?/m1/s1. The van der Waals surface area contributed by atoms with E-state index in [1.807, 2.05) is 13.0 Å². The maximum Gasteiger partial charge on any atom is 0.225 e. The summed E-state index contributed by atoms with van der Waals surface area (Å²) in [6.45, 7) is 3.76. The summed E-state index contributed by atoms with van der Waals surface area (Å²) in [7, 11) is 7.98. The van der Waals surface area contributed by atoms with Gasteiger partial charge in [-0.3, -0.25) is 4.98 Å². The Kier molecular flexibility index (Phi) is 8.85. The second kappa shape index (κ2) is 12.2. The van der Waals surface area contributed by atoms with Crippen molar-refractivity contribution in [3.63, 3.8) is 0 Å². The van der Waals surface area contributed by atoms with Gasteiger partial charge in [-0.25, -0.2) is 10.8 Å². The highest BCUT2D eigenvalue weighted by Gasteiger charge is 2.34. The number of ether oxygens (including phenoxy) is 2. The van der Waals surface area contributed by atoms with Crippen LogP contribution in [-0.4, -0.2) is 80.8 Å². The zero-order valence-corrected chi connectivity index (χ0v) is 26.2. The van der Waals surface area contributed by atoms with Crippen LogP contribution in [0, 0.1) is 5.92 Å². The highest BCUT2D eigenvalue weighted by molar-refractivity contribution is 7.91. The van der Waals surface area contributed by atoms with E-state index >= 15 is 0 Å².